The lowest BCUT2D eigenvalue weighted by Crippen LogP contribution is -2.27. The third kappa shape index (κ3) is 5.19. The Labute approximate surface area is 161 Å². The lowest BCUT2D eigenvalue weighted by Gasteiger charge is -2.08. The first-order valence-corrected chi connectivity index (χ1v) is 10.5. The Morgan fingerprint density at radius 1 is 1.19 bits per heavy atom. The number of carbonyl (C=O) groups excluding carboxylic acids is 1. The Morgan fingerprint density at radius 3 is 2.59 bits per heavy atom. The molecule has 2 N–H and O–H groups in total. The Balaban J connectivity index is 1.51. The first-order valence-electron chi connectivity index (χ1n) is 8.16. The van der Waals surface area contributed by atoms with Crippen LogP contribution in [-0.4, -0.2) is 30.8 Å². The van der Waals surface area contributed by atoms with E-state index in [1.807, 2.05) is 24.4 Å². The summed E-state index contributed by atoms with van der Waals surface area (Å²) in [4.78, 5) is 20.3. The van der Waals surface area contributed by atoms with Gasteiger partial charge in [0, 0.05) is 42.0 Å². The second kappa shape index (κ2) is 8.38. The maximum atomic E-state index is 12.1. The number of hydrogen-bond donors (Lipinski definition) is 2. The molecular weight excluding hydrogens is 384 g/mol. The van der Waals surface area contributed by atoms with Crippen molar-refractivity contribution in [1.82, 2.24) is 14.7 Å². The van der Waals surface area contributed by atoms with Gasteiger partial charge in [0.15, 0.2) is 0 Å². The fraction of sp³-hybridized carbons (Fsp3) is 0.167. The molecule has 0 aliphatic carbocycles. The number of nitrogens with one attached hydrogen (secondary N) is 2. The van der Waals surface area contributed by atoms with Crippen LogP contribution in [0.5, 0.6) is 0 Å². The van der Waals surface area contributed by atoms with Gasteiger partial charge in [-0.15, -0.1) is 11.3 Å². The van der Waals surface area contributed by atoms with E-state index in [4.69, 9.17) is 0 Å². The molecule has 0 aliphatic rings. The minimum atomic E-state index is -3.66. The number of aromatic nitrogens is 2. The van der Waals surface area contributed by atoms with Gasteiger partial charge in [0.1, 0.15) is 4.90 Å². The van der Waals surface area contributed by atoms with Gasteiger partial charge < -0.3 is 5.32 Å². The largest absolute Gasteiger partial charge is 0.326 e. The number of pyridine rings is 1. The molecule has 7 nitrogen and oxygen atoms in total. The summed E-state index contributed by atoms with van der Waals surface area (Å²) >= 11 is 1.58. The van der Waals surface area contributed by atoms with Crippen molar-refractivity contribution in [3.63, 3.8) is 0 Å². The zero-order valence-corrected chi connectivity index (χ0v) is 16.2. The van der Waals surface area contributed by atoms with Crippen molar-refractivity contribution in [2.45, 2.75) is 18.2 Å². The predicted octanol–water partition coefficient (Wildman–Crippen LogP) is 2.82. The molecule has 0 fully saturated rings. The number of sulfonamides is 1. The van der Waals surface area contributed by atoms with Crippen LogP contribution in [0.3, 0.4) is 0 Å². The van der Waals surface area contributed by atoms with Gasteiger partial charge in [-0.25, -0.2) is 18.1 Å². The fourth-order valence-corrected chi connectivity index (χ4v) is 3.95. The number of nitrogens with zero attached hydrogens (tertiary/aromatic N) is 2. The highest BCUT2D eigenvalue weighted by atomic mass is 32.2. The van der Waals surface area contributed by atoms with Crippen molar-refractivity contribution in [3.05, 3.63) is 59.2 Å². The molecular formula is C18H18N4O3S2. The van der Waals surface area contributed by atoms with E-state index in [1.54, 1.807) is 23.5 Å². The van der Waals surface area contributed by atoms with Crippen molar-refractivity contribution in [3.8, 4) is 11.3 Å². The lowest BCUT2D eigenvalue weighted by atomic mass is 10.1. The molecule has 3 rings (SSSR count). The standard InChI is InChI=1S/C18H18N4O3S2/c1-13-21-17(12-26-13)14-4-6-15(7-5-14)22-18(23)8-10-20-27(24,25)16-3-2-9-19-11-16/h2-7,9,11-12,20H,8,10H2,1H3,(H,22,23). The highest BCUT2D eigenvalue weighted by Gasteiger charge is 2.14. The highest BCUT2D eigenvalue weighted by molar-refractivity contribution is 7.89. The summed E-state index contributed by atoms with van der Waals surface area (Å²) in [6.45, 7) is 1.95. The van der Waals surface area contributed by atoms with Crippen LogP contribution in [0.2, 0.25) is 0 Å². The van der Waals surface area contributed by atoms with Gasteiger partial charge in [0.2, 0.25) is 15.9 Å². The van der Waals surface area contributed by atoms with Crippen LogP contribution in [0.25, 0.3) is 11.3 Å². The van der Waals surface area contributed by atoms with E-state index in [0.29, 0.717) is 5.69 Å². The molecule has 9 heteroatoms. The quantitative estimate of drug-likeness (QED) is 0.633. The Bertz CT molecular complexity index is 1020. The van der Waals surface area contributed by atoms with Crippen molar-refractivity contribution >= 4 is 33.0 Å². The maximum Gasteiger partial charge on any atom is 0.242 e. The molecule has 0 saturated heterocycles. The van der Waals surface area contributed by atoms with E-state index in [2.05, 4.69) is 20.0 Å². The zero-order valence-electron chi connectivity index (χ0n) is 14.5. The molecule has 0 unspecified atom stereocenters. The first-order chi connectivity index (χ1) is 12.9. The smallest absolute Gasteiger partial charge is 0.242 e. The molecule has 0 aliphatic heterocycles. The molecule has 0 atom stereocenters. The highest BCUT2D eigenvalue weighted by Crippen LogP contribution is 2.23. The van der Waals surface area contributed by atoms with E-state index in [0.717, 1.165) is 16.3 Å². The van der Waals surface area contributed by atoms with E-state index >= 15 is 0 Å². The van der Waals surface area contributed by atoms with Gasteiger partial charge in [0.05, 0.1) is 10.7 Å². The molecule has 0 bridgehead atoms. The Morgan fingerprint density at radius 2 is 1.96 bits per heavy atom. The Hall–Kier alpha value is -2.62. The predicted molar refractivity (Wildman–Crippen MR) is 105 cm³/mol. The number of amides is 1. The van der Waals surface area contributed by atoms with Crippen LogP contribution in [0.4, 0.5) is 5.69 Å². The minimum absolute atomic E-state index is 0.000749. The number of carbonyl (C=O) groups is 1. The number of aryl methyl sites for hydroxylation is 1. The fourth-order valence-electron chi connectivity index (χ4n) is 2.33. The van der Waals surface area contributed by atoms with Crippen molar-refractivity contribution in [2.24, 2.45) is 0 Å². The monoisotopic (exact) mass is 402 g/mol. The molecule has 1 aromatic carbocycles. The molecule has 1 amide bonds. The average Bonchev–Trinajstić information content (AvgIpc) is 3.09. The molecule has 0 saturated carbocycles. The summed E-state index contributed by atoms with van der Waals surface area (Å²) in [7, 11) is -3.66. The number of anilines is 1. The number of rotatable bonds is 7. The van der Waals surface area contributed by atoms with Gasteiger partial charge in [-0.1, -0.05) is 12.1 Å². The van der Waals surface area contributed by atoms with Crippen molar-refractivity contribution in [2.75, 3.05) is 11.9 Å². The van der Waals surface area contributed by atoms with Crippen LogP contribution >= 0.6 is 11.3 Å². The summed E-state index contributed by atoms with van der Waals surface area (Å²) in [6.07, 6.45) is 2.77. The molecule has 2 heterocycles. The third-order valence-electron chi connectivity index (χ3n) is 3.67. The molecule has 140 valence electrons. The normalized spacial score (nSPS) is 11.3. The van der Waals surface area contributed by atoms with Crippen LogP contribution in [0.1, 0.15) is 11.4 Å². The number of hydrogen-bond acceptors (Lipinski definition) is 6. The summed E-state index contributed by atoms with van der Waals surface area (Å²) < 4.78 is 26.5. The second-order valence-electron chi connectivity index (χ2n) is 5.71. The third-order valence-corrected chi connectivity index (χ3v) is 5.89. The second-order valence-corrected chi connectivity index (χ2v) is 8.54. The minimum Gasteiger partial charge on any atom is -0.326 e. The molecule has 27 heavy (non-hydrogen) atoms. The van der Waals surface area contributed by atoms with Gasteiger partial charge in [-0.05, 0) is 31.2 Å². The first kappa shape index (κ1) is 19.2. The molecule has 3 aromatic rings. The van der Waals surface area contributed by atoms with Crippen molar-refractivity contribution in [1.29, 1.82) is 0 Å². The Kier molecular flexibility index (Phi) is 5.94. The van der Waals surface area contributed by atoms with Crippen LogP contribution in [0, 0.1) is 6.92 Å². The van der Waals surface area contributed by atoms with Gasteiger partial charge >= 0.3 is 0 Å². The van der Waals surface area contributed by atoms with Crippen LogP contribution in [0.15, 0.2) is 59.1 Å². The molecule has 2 aromatic heterocycles. The summed E-state index contributed by atoms with van der Waals surface area (Å²) in [5.74, 6) is -0.277. The molecule has 0 spiro atoms. The summed E-state index contributed by atoms with van der Waals surface area (Å²) in [6, 6.07) is 10.3. The van der Waals surface area contributed by atoms with E-state index < -0.39 is 10.0 Å². The van der Waals surface area contributed by atoms with Crippen molar-refractivity contribution < 1.29 is 13.2 Å². The summed E-state index contributed by atoms with van der Waals surface area (Å²) in [5, 5.41) is 5.73. The number of benzene rings is 1. The van der Waals surface area contributed by atoms with Crippen LogP contribution < -0.4 is 10.0 Å². The zero-order chi connectivity index (χ0) is 19.3. The summed E-state index contributed by atoms with van der Waals surface area (Å²) in [5.41, 5.74) is 2.52. The molecule has 0 radical (unpaired) electrons. The van der Waals surface area contributed by atoms with E-state index in [-0.39, 0.29) is 23.8 Å². The topological polar surface area (TPSA) is 101 Å². The van der Waals surface area contributed by atoms with Gasteiger partial charge in [-0.2, -0.15) is 0 Å². The van der Waals surface area contributed by atoms with E-state index in [1.165, 1.54) is 24.5 Å². The lowest BCUT2D eigenvalue weighted by molar-refractivity contribution is -0.116. The van der Waals surface area contributed by atoms with Crippen LogP contribution in [-0.2, 0) is 14.8 Å². The number of thiazole rings is 1. The maximum absolute atomic E-state index is 12.1. The van der Waals surface area contributed by atoms with Gasteiger partial charge in [-0.3, -0.25) is 9.78 Å². The van der Waals surface area contributed by atoms with Gasteiger partial charge in [0.25, 0.3) is 0 Å². The van der Waals surface area contributed by atoms with E-state index in [9.17, 15) is 13.2 Å². The SMILES string of the molecule is Cc1nc(-c2ccc(NC(=O)CCNS(=O)(=O)c3cccnc3)cc2)cs1. The average molecular weight is 403 g/mol.